The fourth-order valence-electron chi connectivity index (χ4n) is 4.79. The second-order valence-corrected chi connectivity index (χ2v) is 8.83. The van der Waals surface area contributed by atoms with E-state index in [1.807, 2.05) is 19.9 Å². The van der Waals surface area contributed by atoms with E-state index in [2.05, 4.69) is 13.8 Å². The highest BCUT2D eigenvalue weighted by Crippen LogP contribution is 2.52. The zero-order valence-corrected chi connectivity index (χ0v) is 16.2. The summed E-state index contributed by atoms with van der Waals surface area (Å²) in [7, 11) is 0. The first-order valence-electron chi connectivity index (χ1n) is 9.32. The van der Waals surface area contributed by atoms with Gasteiger partial charge in [-0.15, -0.1) is 0 Å². The van der Waals surface area contributed by atoms with E-state index in [9.17, 15) is 15.3 Å². The number of aromatic hydroxyl groups is 3. The summed E-state index contributed by atoms with van der Waals surface area (Å²) in [6, 6.07) is 8.33. The quantitative estimate of drug-likeness (QED) is 0.414. The van der Waals surface area contributed by atoms with Crippen molar-refractivity contribution >= 4 is 21.5 Å². The molecule has 144 valence electrons. The number of ether oxygens (including phenoxy) is 1. The van der Waals surface area contributed by atoms with E-state index in [-0.39, 0.29) is 28.0 Å². The normalized spacial score (nSPS) is 24.4. The van der Waals surface area contributed by atoms with Crippen LogP contribution in [0.1, 0.15) is 27.7 Å². The third-order valence-electron chi connectivity index (χ3n) is 6.32. The molecule has 3 aromatic rings. The molecular weight excluding hydrogens is 356 g/mol. The van der Waals surface area contributed by atoms with Gasteiger partial charge in [-0.3, -0.25) is 0 Å². The topological polar surface area (TPSA) is 94.6 Å². The molecule has 1 unspecified atom stereocenters. The maximum absolute atomic E-state index is 11.1. The van der Waals surface area contributed by atoms with Crippen molar-refractivity contribution in [2.45, 2.75) is 39.0 Å². The number of fused-ring (bicyclic) bond motifs is 4. The number of hydrogen-bond donors (Lipinski definition) is 3. The Morgan fingerprint density at radius 3 is 2.25 bits per heavy atom. The Hall–Kier alpha value is -2.86. The fourth-order valence-corrected chi connectivity index (χ4v) is 4.79. The van der Waals surface area contributed by atoms with Gasteiger partial charge in [0, 0.05) is 16.2 Å². The van der Waals surface area contributed by atoms with Crippen LogP contribution in [0.4, 0.5) is 0 Å². The van der Waals surface area contributed by atoms with Gasteiger partial charge in [0.1, 0.15) is 22.8 Å². The van der Waals surface area contributed by atoms with Crippen LogP contribution in [0.3, 0.4) is 0 Å². The lowest BCUT2D eigenvalue weighted by Crippen LogP contribution is -2.50. The van der Waals surface area contributed by atoms with Gasteiger partial charge in [0.15, 0.2) is 5.66 Å². The standard InChI is InChI=1S/C22H22N2O4/c1-20(2)10-28-21(3,4)22(20)23-13-9-8-12-16(17(13)24-22)19(27)15-11(18(12)26)6-5-7-14(15)25/h5-9,25-27H,10H2,1-4H3. The highest BCUT2D eigenvalue weighted by Gasteiger charge is 2.63. The molecule has 3 aromatic carbocycles. The molecule has 0 aromatic heterocycles. The average molecular weight is 378 g/mol. The van der Waals surface area contributed by atoms with Crippen LogP contribution in [0, 0.1) is 5.41 Å². The summed E-state index contributed by atoms with van der Waals surface area (Å²) in [5.41, 5.74) is -1.82. The summed E-state index contributed by atoms with van der Waals surface area (Å²) in [5.74, 6) is -0.207. The third kappa shape index (κ3) is 1.81. The molecule has 6 heteroatoms. The molecule has 2 aliphatic rings. The first kappa shape index (κ1) is 17.3. The number of hydrogen-bond acceptors (Lipinski definition) is 6. The van der Waals surface area contributed by atoms with Crippen molar-refractivity contribution in [3.63, 3.8) is 0 Å². The van der Waals surface area contributed by atoms with Crippen LogP contribution < -0.4 is 10.7 Å². The lowest BCUT2D eigenvalue weighted by molar-refractivity contribution is 0.00279. The maximum Gasteiger partial charge on any atom is 0.186 e. The first-order valence-corrected chi connectivity index (χ1v) is 9.32. The molecule has 28 heavy (non-hydrogen) atoms. The first-order chi connectivity index (χ1) is 13.1. The van der Waals surface area contributed by atoms with Crippen LogP contribution >= 0.6 is 0 Å². The number of phenolic OH excluding ortho intramolecular Hbond substituents is 3. The van der Waals surface area contributed by atoms with Gasteiger partial charge >= 0.3 is 0 Å². The molecule has 1 atom stereocenters. The van der Waals surface area contributed by atoms with Crippen molar-refractivity contribution in [3.05, 3.63) is 41.0 Å². The van der Waals surface area contributed by atoms with Crippen molar-refractivity contribution in [1.82, 2.24) is 0 Å². The molecular formula is C22H22N2O4. The van der Waals surface area contributed by atoms with E-state index in [1.165, 1.54) is 6.07 Å². The van der Waals surface area contributed by atoms with E-state index in [1.54, 1.807) is 18.2 Å². The van der Waals surface area contributed by atoms with E-state index < -0.39 is 11.3 Å². The van der Waals surface area contributed by atoms with Gasteiger partial charge in [0.2, 0.25) is 0 Å². The van der Waals surface area contributed by atoms with Crippen molar-refractivity contribution in [1.29, 1.82) is 0 Å². The predicted molar refractivity (Wildman–Crippen MR) is 105 cm³/mol. The number of phenols is 3. The number of rotatable bonds is 0. The molecule has 0 aliphatic carbocycles. The minimum atomic E-state index is -0.841. The summed E-state index contributed by atoms with van der Waals surface area (Å²) < 4.78 is 6.04. The molecule has 1 saturated heterocycles. The van der Waals surface area contributed by atoms with Crippen LogP contribution in [-0.4, -0.2) is 33.2 Å². The Kier molecular flexibility index (Phi) is 3.05. The molecule has 6 nitrogen and oxygen atoms in total. The summed E-state index contributed by atoms with van der Waals surface area (Å²) in [6.45, 7) is 8.60. The van der Waals surface area contributed by atoms with Gasteiger partial charge in [-0.2, -0.15) is 0 Å². The van der Waals surface area contributed by atoms with Crippen LogP contribution in [0.5, 0.6) is 17.2 Å². The SMILES string of the molecule is CC1(C)COC(C)(C)C12N=c1ccc3c(O)c4cccc(O)c4c(O)c3c1=N2. The average Bonchev–Trinajstić information content (AvgIpc) is 3.12. The Bertz CT molecular complexity index is 1290. The molecule has 0 amide bonds. The lowest BCUT2D eigenvalue weighted by atomic mass is 9.74. The van der Waals surface area contributed by atoms with Gasteiger partial charge in [-0.1, -0.05) is 26.0 Å². The van der Waals surface area contributed by atoms with Crippen LogP contribution in [0.25, 0.3) is 21.5 Å². The molecule has 0 radical (unpaired) electrons. The van der Waals surface area contributed by atoms with E-state index in [4.69, 9.17) is 14.7 Å². The third-order valence-corrected chi connectivity index (χ3v) is 6.32. The van der Waals surface area contributed by atoms with E-state index in [0.717, 1.165) is 0 Å². The molecule has 0 bridgehead atoms. The van der Waals surface area contributed by atoms with Crippen LogP contribution in [-0.2, 0) is 4.74 Å². The van der Waals surface area contributed by atoms with Crippen molar-refractivity contribution in [3.8, 4) is 17.2 Å². The summed E-state index contributed by atoms with van der Waals surface area (Å²) in [6.07, 6.45) is 0. The minimum absolute atomic E-state index is 0.00107. The van der Waals surface area contributed by atoms with Gasteiger partial charge in [0.25, 0.3) is 0 Å². The molecule has 2 aliphatic heterocycles. The molecule has 5 rings (SSSR count). The Labute approximate surface area is 161 Å². The molecule has 3 N–H and O–H groups in total. The van der Waals surface area contributed by atoms with Gasteiger partial charge in [0.05, 0.1) is 28.1 Å². The Morgan fingerprint density at radius 1 is 0.857 bits per heavy atom. The predicted octanol–water partition coefficient (Wildman–Crippen LogP) is 2.89. The summed E-state index contributed by atoms with van der Waals surface area (Å²) in [5, 5.41) is 34.8. The minimum Gasteiger partial charge on any atom is -0.507 e. The van der Waals surface area contributed by atoms with Crippen molar-refractivity contribution < 1.29 is 20.1 Å². The van der Waals surface area contributed by atoms with E-state index >= 15 is 0 Å². The maximum atomic E-state index is 11.1. The van der Waals surface area contributed by atoms with Crippen molar-refractivity contribution in [2.24, 2.45) is 15.4 Å². The number of benzene rings is 3. The van der Waals surface area contributed by atoms with Gasteiger partial charge in [-0.25, -0.2) is 9.98 Å². The molecule has 1 fully saturated rings. The highest BCUT2D eigenvalue weighted by atomic mass is 16.5. The van der Waals surface area contributed by atoms with Gasteiger partial charge in [-0.05, 0) is 32.0 Å². The van der Waals surface area contributed by atoms with Crippen molar-refractivity contribution in [2.75, 3.05) is 6.61 Å². The second-order valence-electron chi connectivity index (χ2n) is 8.83. The summed E-state index contributed by atoms with van der Waals surface area (Å²) >= 11 is 0. The highest BCUT2D eigenvalue weighted by molar-refractivity contribution is 6.12. The zero-order valence-electron chi connectivity index (χ0n) is 16.2. The Morgan fingerprint density at radius 2 is 1.57 bits per heavy atom. The second kappa shape index (κ2) is 4.94. The smallest absolute Gasteiger partial charge is 0.186 e. The summed E-state index contributed by atoms with van der Waals surface area (Å²) in [4.78, 5) is 9.97. The molecule has 1 spiro atoms. The molecule has 2 heterocycles. The van der Waals surface area contributed by atoms with Crippen LogP contribution in [0.2, 0.25) is 0 Å². The monoisotopic (exact) mass is 378 g/mol. The fraction of sp³-hybridized carbons (Fsp3) is 0.364. The number of nitrogens with zero attached hydrogens (tertiary/aromatic N) is 2. The van der Waals surface area contributed by atoms with Gasteiger partial charge < -0.3 is 20.1 Å². The zero-order chi connectivity index (χ0) is 20.1. The Balaban J connectivity index is 2.00. The lowest BCUT2D eigenvalue weighted by Gasteiger charge is -2.38. The molecule has 0 saturated carbocycles. The van der Waals surface area contributed by atoms with E-state index in [0.29, 0.717) is 33.5 Å². The largest absolute Gasteiger partial charge is 0.507 e. The van der Waals surface area contributed by atoms with Crippen LogP contribution in [0.15, 0.2) is 40.3 Å².